The fourth-order valence-electron chi connectivity index (χ4n) is 7.11. The number of thiazole rings is 1. The zero-order chi connectivity index (χ0) is 25.3. The Morgan fingerprint density at radius 2 is 1.83 bits per heavy atom. The molecule has 0 radical (unpaired) electrons. The maximum absolute atomic E-state index is 13.5. The number of hydrogen-bond donors (Lipinski definition) is 2. The summed E-state index contributed by atoms with van der Waals surface area (Å²) in [4.78, 5) is 55.3. The van der Waals surface area contributed by atoms with E-state index in [4.69, 9.17) is 14.6 Å². The Morgan fingerprint density at radius 3 is 2.53 bits per heavy atom. The fraction of sp³-hybridized carbons (Fsp3) is 0.520. The Kier molecular flexibility index (Phi) is 5.67. The van der Waals surface area contributed by atoms with Gasteiger partial charge in [0.1, 0.15) is 0 Å². The molecule has 2 aromatic rings. The summed E-state index contributed by atoms with van der Waals surface area (Å²) in [7, 11) is 3.17. The number of carboxylic acids is 1. The number of aliphatic carboxylic acids is 1. The first-order chi connectivity index (χ1) is 17.3. The monoisotopic (exact) mass is 530 g/mol. The van der Waals surface area contributed by atoms with Crippen LogP contribution >= 0.6 is 23.1 Å². The maximum atomic E-state index is 13.5. The van der Waals surface area contributed by atoms with E-state index in [1.165, 1.54) is 16.2 Å². The minimum absolute atomic E-state index is 0.0156. The van der Waals surface area contributed by atoms with Gasteiger partial charge in [-0.05, 0) is 48.3 Å². The van der Waals surface area contributed by atoms with E-state index in [1.54, 1.807) is 26.0 Å². The minimum Gasteiger partial charge on any atom is -0.493 e. The quantitative estimate of drug-likeness (QED) is 0.524. The highest BCUT2D eigenvalue weighted by Crippen LogP contribution is 2.68. The van der Waals surface area contributed by atoms with Gasteiger partial charge in [-0.2, -0.15) is 0 Å². The topological polar surface area (TPSA) is 126 Å². The van der Waals surface area contributed by atoms with E-state index in [0.29, 0.717) is 11.5 Å². The molecule has 3 fully saturated rings. The number of carbonyl (C=O) groups is 3. The predicted octanol–water partition coefficient (Wildman–Crippen LogP) is 2.79. The van der Waals surface area contributed by atoms with Crippen molar-refractivity contribution in [3.8, 4) is 11.5 Å². The Morgan fingerprint density at radius 1 is 1.11 bits per heavy atom. The van der Waals surface area contributed by atoms with Gasteiger partial charge in [-0.3, -0.25) is 24.1 Å². The number of H-pyrrole nitrogens is 1. The standard InChI is InChI=1S/C25H26N2O7S2/c1-33-13-6-5-10(8-14(13)34-2)16-17-11-9-12(20(17)35-22-21(16)36-25(32)26-22)19-18(11)23(30)27(24(19)31)7-3-4-15(28)29/h5-6,8,11-12,16-20H,3-4,7,9H2,1-2H3,(H,26,32)(H,28,29)/t11-,12+,16-,17+,18+,19+,20+/m0/s1. The smallest absolute Gasteiger partial charge is 0.305 e. The molecular formula is C25H26N2O7S2. The van der Waals surface area contributed by atoms with Crippen LogP contribution in [0.2, 0.25) is 0 Å². The van der Waals surface area contributed by atoms with E-state index < -0.39 is 5.97 Å². The minimum atomic E-state index is -0.935. The first-order valence-corrected chi connectivity index (χ1v) is 13.7. The van der Waals surface area contributed by atoms with Crippen LogP contribution in [0.5, 0.6) is 11.5 Å². The van der Waals surface area contributed by atoms with Crippen molar-refractivity contribution in [2.75, 3.05) is 20.8 Å². The van der Waals surface area contributed by atoms with Crippen molar-refractivity contribution in [3.63, 3.8) is 0 Å². The molecule has 1 aromatic carbocycles. The number of fused-ring (bicyclic) bond motifs is 9. The lowest BCUT2D eigenvalue weighted by Gasteiger charge is -2.43. The van der Waals surface area contributed by atoms with Gasteiger partial charge in [0.25, 0.3) is 0 Å². The van der Waals surface area contributed by atoms with Gasteiger partial charge in [0, 0.05) is 29.0 Å². The number of benzene rings is 1. The highest BCUT2D eigenvalue weighted by Gasteiger charge is 2.69. The average Bonchev–Trinajstić information content (AvgIpc) is 3.58. The lowest BCUT2D eigenvalue weighted by molar-refractivity contribution is -0.142. The summed E-state index contributed by atoms with van der Waals surface area (Å²) in [6.45, 7) is 0.151. The van der Waals surface area contributed by atoms with Gasteiger partial charge >= 0.3 is 10.8 Å². The van der Waals surface area contributed by atoms with E-state index in [2.05, 4.69) is 4.98 Å². The van der Waals surface area contributed by atoms with Crippen LogP contribution < -0.4 is 14.3 Å². The highest BCUT2D eigenvalue weighted by molar-refractivity contribution is 8.00. The van der Waals surface area contributed by atoms with Crippen LogP contribution in [-0.4, -0.2) is 58.8 Å². The molecule has 0 unspecified atom stereocenters. The van der Waals surface area contributed by atoms with Crippen LogP contribution in [0.15, 0.2) is 28.0 Å². The van der Waals surface area contributed by atoms with E-state index >= 15 is 0 Å². The maximum Gasteiger partial charge on any atom is 0.305 e. The van der Waals surface area contributed by atoms with Crippen LogP contribution in [-0.2, 0) is 14.4 Å². The van der Waals surface area contributed by atoms with Gasteiger partial charge in [0.2, 0.25) is 11.8 Å². The molecule has 2 amide bonds. The summed E-state index contributed by atoms with van der Waals surface area (Å²) in [6.07, 6.45) is 0.992. The first-order valence-electron chi connectivity index (χ1n) is 12.0. The van der Waals surface area contributed by atoms with Crippen LogP contribution in [0.25, 0.3) is 0 Å². The second-order valence-corrected chi connectivity index (χ2v) is 12.1. The fourth-order valence-corrected chi connectivity index (χ4v) is 10.00. The number of nitrogens with one attached hydrogen (secondary N) is 1. The molecular weight excluding hydrogens is 504 g/mol. The Balaban J connectivity index is 1.38. The van der Waals surface area contributed by atoms with Crippen molar-refractivity contribution in [1.82, 2.24) is 9.88 Å². The number of amides is 2. The van der Waals surface area contributed by atoms with E-state index in [9.17, 15) is 19.2 Å². The predicted molar refractivity (Wildman–Crippen MR) is 132 cm³/mol. The molecule has 36 heavy (non-hydrogen) atoms. The number of methoxy groups -OCH3 is 2. The summed E-state index contributed by atoms with van der Waals surface area (Å²) < 4.78 is 11.0. The molecule has 2 bridgehead atoms. The molecule has 0 spiro atoms. The van der Waals surface area contributed by atoms with Crippen molar-refractivity contribution < 1.29 is 29.0 Å². The number of imide groups is 1. The van der Waals surface area contributed by atoms with Crippen molar-refractivity contribution in [2.45, 2.75) is 35.5 Å². The molecule has 2 aliphatic heterocycles. The summed E-state index contributed by atoms with van der Waals surface area (Å²) in [5.74, 6) is -0.734. The lowest BCUT2D eigenvalue weighted by atomic mass is 9.68. The van der Waals surface area contributed by atoms with Gasteiger partial charge in [0.15, 0.2) is 11.5 Å². The van der Waals surface area contributed by atoms with Gasteiger partial charge in [-0.25, -0.2) is 0 Å². The summed E-state index contributed by atoms with van der Waals surface area (Å²) in [5.41, 5.74) is 0.999. The van der Waals surface area contributed by atoms with Crippen molar-refractivity contribution in [1.29, 1.82) is 0 Å². The molecule has 1 saturated heterocycles. The molecule has 2 aliphatic carbocycles. The average molecular weight is 531 g/mol. The third kappa shape index (κ3) is 3.35. The van der Waals surface area contributed by atoms with Crippen LogP contribution in [0.4, 0.5) is 0 Å². The van der Waals surface area contributed by atoms with Crippen LogP contribution in [0.1, 0.15) is 35.6 Å². The SMILES string of the molecule is COc1ccc([C@@H]2c3sc(=O)[nH]c3S[C@@H]3[C@@H]4C[C@H]([C@H]5C(=O)N(CCCC(=O)O)C(=O)[C@H]45)[C@H]23)cc1OC. The number of ether oxygens (including phenoxy) is 2. The summed E-state index contributed by atoms with van der Waals surface area (Å²) >= 11 is 2.85. The normalized spacial score (nSPS) is 31.8. The van der Waals surface area contributed by atoms with Gasteiger partial charge < -0.3 is 19.6 Å². The molecule has 1 aromatic heterocycles. The Labute approximate surface area is 215 Å². The number of aromatic nitrogens is 1. The molecule has 4 aliphatic rings. The van der Waals surface area contributed by atoms with Crippen molar-refractivity contribution in [3.05, 3.63) is 38.3 Å². The Hall–Kier alpha value is -2.79. The van der Waals surface area contributed by atoms with Crippen molar-refractivity contribution in [2.24, 2.45) is 29.6 Å². The molecule has 7 atom stereocenters. The molecule has 6 rings (SSSR count). The number of carboxylic acid groups (broad SMARTS) is 1. The zero-order valence-electron chi connectivity index (χ0n) is 19.8. The van der Waals surface area contributed by atoms with E-state index in [0.717, 1.165) is 21.9 Å². The number of carbonyl (C=O) groups excluding carboxylic acids is 2. The number of thioether (sulfide) groups is 1. The van der Waals surface area contributed by atoms with Crippen molar-refractivity contribution >= 4 is 40.9 Å². The molecule has 2 saturated carbocycles. The second-order valence-electron chi connectivity index (χ2n) is 9.90. The number of nitrogens with zero attached hydrogens (tertiary/aromatic N) is 1. The van der Waals surface area contributed by atoms with E-state index in [-0.39, 0.29) is 76.8 Å². The number of hydrogen-bond acceptors (Lipinski definition) is 8. The molecule has 11 heteroatoms. The largest absolute Gasteiger partial charge is 0.493 e. The third-order valence-corrected chi connectivity index (χ3v) is 10.9. The van der Waals surface area contributed by atoms with E-state index in [1.807, 2.05) is 18.2 Å². The van der Waals surface area contributed by atoms with Crippen LogP contribution in [0, 0.1) is 29.6 Å². The lowest BCUT2D eigenvalue weighted by Crippen LogP contribution is -2.42. The molecule has 3 heterocycles. The highest BCUT2D eigenvalue weighted by atomic mass is 32.2. The van der Waals surface area contributed by atoms with Gasteiger partial charge in [0.05, 0.1) is 31.1 Å². The molecule has 190 valence electrons. The van der Waals surface area contributed by atoms with Crippen LogP contribution in [0.3, 0.4) is 0 Å². The summed E-state index contributed by atoms with van der Waals surface area (Å²) in [5, 5.41) is 9.93. The Bertz CT molecular complexity index is 1320. The summed E-state index contributed by atoms with van der Waals surface area (Å²) in [6, 6.07) is 5.81. The third-order valence-electron chi connectivity index (χ3n) is 8.35. The number of likely N-dealkylation sites (tertiary alicyclic amines) is 1. The number of rotatable bonds is 7. The molecule has 2 N–H and O–H groups in total. The molecule has 9 nitrogen and oxygen atoms in total. The number of aromatic amines is 1. The first kappa shape index (κ1) is 23.6. The zero-order valence-corrected chi connectivity index (χ0v) is 21.4. The van der Waals surface area contributed by atoms with Gasteiger partial charge in [-0.15, -0.1) is 11.8 Å². The second kappa shape index (κ2) is 8.65. The van der Waals surface area contributed by atoms with Gasteiger partial charge in [-0.1, -0.05) is 17.4 Å².